The molecule has 0 saturated carbocycles. The third-order valence-electron chi connectivity index (χ3n) is 3.26. The number of carbonyl (C=O) groups is 1. The third-order valence-corrected chi connectivity index (χ3v) is 3.56. The van der Waals surface area contributed by atoms with Gasteiger partial charge in [0.25, 0.3) is 0 Å². The highest BCUT2D eigenvalue weighted by molar-refractivity contribution is 6.33. The fraction of sp³-hybridized carbons (Fsp3) is 0.462. The van der Waals surface area contributed by atoms with E-state index in [1.165, 1.54) is 0 Å². The van der Waals surface area contributed by atoms with Crippen LogP contribution in [0.5, 0.6) is 0 Å². The maximum absolute atomic E-state index is 10.7. The van der Waals surface area contributed by atoms with Crippen LogP contribution >= 0.6 is 11.6 Å². The molecule has 0 amide bonds. The summed E-state index contributed by atoms with van der Waals surface area (Å²) in [7, 11) is 0. The molecule has 0 aliphatic carbocycles. The van der Waals surface area contributed by atoms with E-state index in [1.807, 2.05) is 6.07 Å². The molecule has 1 aliphatic rings. The summed E-state index contributed by atoms with van der Waals surface area (Å²) in [6.45, 7) is 1.05. The van der Waals surface area contributed by atoms with Gasteiger partial charge in [-0.25, -0.2) is 0 Å². The molecule has 92 valence electrons. The average molecular weight is 254 g/mol. The van der Waals surface area contributed by atoms with Crippen LogP contribution in [0.2, 0.25) is 5.02 Å². The Morgan fingerprint density at radius 3 is 2.94 bits per heavy atom. The lowest BCUT2D eigenvalue weighted by Gasteiger charge is -2.37. The number of piperidine rings is 1. The van der Waals surface area contributed by atoms with E-state index in [4.69, 9.17) is 11.6 Å². The van der Waals surface area contributed by atoms with E-state index in [0.717, 1.165) is 37.8 Å². The molecule has 0 bridgehead atoms. The molecule has 1 atom stereocenters. The van der Waals surface area contributed by atoms with Gasteiger partial charge >= 0.3 is 0 Å². The number of carbonyl (C=O) groups excluding carboxylic acids is 1. The van der Waals surface area contributed by atoms with Crippen molar-refractivity contribution in [3.63, 3.8) is 0 Å². The Kier molecular flexibility index (Phi) is 4.02. The van der Waals surface area contributed by atoms with Crippen LogP contribution in [-0.2, 0) is 0 Å². The molecule has 0 spiro atoms. The van der Waals surface area contributed by atoms with Crippen LogP contribution in [0.3, 0.4) is 0 Å². The molecule has 1 heterocycles. The predicted molar refractivity (Wildman–Crippen MR) is 68.9 cm³/mol. The van der Waals surface area contributed by atoms with Crippen molar-refractivity contribution in [2.45, 2.75) is 25.3 Å². The summed E-state index contributed by atoms with van der Waals surface area (Å²) >= 11 is 6.18. The van der Waals surface area contributed by atoms with Crippen molar-refractivity contribution >= 4 is 23.6 Å². The smallest absolute Gasteiger partial charge is 0.150 e. The second-order valence-corrected chi connectivity index (χ2v) is 4.76. The Labute approximate surface area is 106 Å². The highest BCUT2D eigenvalue weighted by Crippen LogP contribution is 2.31. The van der Waals surface area contributed by atoms with Gasteiger partial charge in [0.1, 0.15) is 6.29 Å². The van der Waals surface area contributed by atoms with E-state index >= 15 is 0 Å². The van der Waals surface area contributed by atoms with E-state index in [9.17, 15) is 9.90 Å². The van der Waals surface area contributed by atoms with E-state index < -0.39 is 0 Å². The highest BCUT2D eigenvalue weighted by atomic mass is 35.5. The molecule has 2 rings (SSSR count). The van der Waals surface area contributed by atoms with Crippen LogP contribution in [-0.4, -0.2) is 30.6 Å². The molecule has 17 heavy (non-hydrogen) atoms. The minimum atomic E-state index is 0.142. The van der Waals surface area contributed by atoms with Crippen LogP contribution in [0.25, 0.3) is 0 Å². The first kappa shape index (κ1) is 12.4. The lowest BCUT2D eigenvalue weighted by Crippen LogP contribution is -2.42. The van der Waals surface area contributed by atoms with E-state index in [2.05, 4.69) is 4.90 Å². The van der Waals surface area contributed by atoms with Gasteiger partial charge in [0.15, 0.2) is 0 Å². The SMILES string of the molecule is O=Cc1ccc(N2CCCCC2CO)c(Cl)c1. The molecule has 1 saturated heterocycles. The van der Waals surface area contributed by atoms with Crippen molar-refractivity contribution in [1.29, 1.82) is 0 Å². The van der Waals surface area contributed by atoms with Gasteiger partial charge in [0.2, 0.25) is 0 Å². The fourth-order valence-corrected chi connectivity index (χ4v) is 2.63. The number of rotatable bonds is 3. The predicted octanol–water partition coefficient (Wildman–Crippen LogP) is 2.50. The molecule has 0 aromatic heterocycles. The summed E-state index contributed by atoms with van der Waals surface area (Å²) in [5.41, 5.74) is 1.49. The zero-order valence-corrected chi connectivity index (χ0v) is 10.4. The standard InChI is InChI=1S/C13H16ClNO2/c14-12-7-10(8-16)4-5-13(12)15-6-2-1-3-11(15)9-17/h4-5,7-8,11,17H,1-3,6,9H2. The average Bonchev–Trinajstić information content (AvgIpc) is 2.38. The summed E-state index contributed by atoms with van der Waals surface area (Å²) in [6.07, 6.45) is 4.03. The van der Waals surface area contributed by atoms with Gasteiger partial charge in [-0.1, -0.05) is 11.6 Å². The Morgan fingerprint density at radius 1 is 1.47 bits per heavy atom. The van der Waals surface area contributed by atoms with Crippen molar-refractivity contribution in [2.24, 2.45) is 0 Å². The number of hydrogen-bond acceptors (Lipinski definition) is 3. The summed E-state index contributed by atoms with van der Waals surface area (Å²) in [5, 5.41) is 9.95. The topological polar surface area (TPSA) is 40.5 Å². The third kappa shape index (κ3) is 2.61. The first-order chi connectivity index (χ1) is 8.26. The number of aliphatic hydroxyl groups is 1. The molecular weight excluding hydrogens is 238 g/mol. The maximum Gasteiger partial charge on any atom is 0.150 e. The maximum atomic E-state index is 10.7. The van der Waals surface area contributed by atoms with Crippen molar-refractivity contribution < 1.29 is 9.90 Å². The number of halogens is 1. The Hall–Kier alpha value is -1.06. The Morgan fingerprint density at radius 2 is 2.29 bits per heavy atom. The summed E-state index contributed by atoms with van der Waals surface area (Å²) in [6, 6.07) is 5.44. The molecule has 1 aromatic carbocycles. The van der Waals surface area contributed by atoms with Crippen LogP contribution < -0.4 is 4.90 Å². The van der Waals surface area contributed by atoms with Gasteiger partial charge in [-0.15, -0.1) is 0 Å². The van der Waals surface area contributed by atoms with Gasteiger partial charge in [0.05, 0.1) is 23.4 Å². The van der Waals surface area contributed by atoms with Crippen molar-refractivity contribution in [3.05, 3.63) is 28.8 Å². The van der Waals surface area contributed by atoms with E-state index in [0.29, 0.717) is 10.6 Å². The van der Waals surface area contributed by atoms with E-state index in [1.54, 1.807) is 12.1 Å². The number of aliphatic hydroxyl groups excluding tert-OH is 1. The minimum Gasteiger partial charge on any atom is -0.394 e. The largest absolute Gasteiger partial charge is 0.394 e. The monoisotopic (exact) mass is 253 g/mol. The van der Waals surface area contributed by atoms with Crippen molar-refractivity contribution in [2.75, 3.05) is 18.1 Å². The highest BCUT2D eigenvalue weighted by Gasteiger charge is 2.23. The van der Waals surface area contributed by atoms with Gasteiger partial charge in [-0.05, 0) is 37.5 Å². The molecule has 0 radical (unpaired) electrons. The second kappa shape index (κ2) is 5.52. The molecule has 1 fully saturated rings. The van der Waals surface area contributed by atoms with Gasteiger partial charge in [-0.3, -0.25) is 4.79 Å². The molecule has 1 aromatic rings. The zero-order valence-electron chi connectivity index (χ0n) is 9.60. The number of anilines is 1. The molecule has 3 nitrogen and oxygen atoms in total. The zero-order chi connectivity index (χ0) is 12.3. The van der Waals surface area contributed by atoms with Gasteiger partial charge in [-0.2, -0.15) is 0 Å². The molecule has 1 N–H and O–H groups in total. The van der Waals surface area contributed by atoms with Crippen LogP contribution in [0.4, 0.5) is 5.69 Å². The summed E-state index contributed by atoms with van der Waals surface area (Å²) < 4.78 is 0. The Bertz CT molecular complexity index is 408. The molecule has 4 heteroatoms. The fourth-order valence-electron chi connectivity index (χ4n) is 2.34. The molecule has 1 unspecified atom stereocenters. The normalized spacial score (nSPS) is 20.4. The lowest BCUT2D eigenvalue weighted by atomic mass is 10.0. The molecular formula is C13H16ClNO2. The summed E-state index contributed by atoms with van der Waals surface area (Å²) in [5.74, 6) is 0. The van der Waals surface area contributed by atoms with Crippen LogP contribution in [0.1, 0.15) is 29.6 Å². The number of hydrogen-bond donors (Lipinski definition) is 1. The number of nitrogens with zero attached hydrogens (tertiary/aromatic N) is 1. The van der Waals surface area contributed by atoms with Gasteiger partial charge < -0.3 is 10.0 Å². The van der Waals surface area contributed by atoms with E-state index in [-0.39, 0.29) is 12.6 Å². The van der Waals surface area contributed by atoms with Crippen LogP contribution in [0.15, 0.2) is 18.2 Å². The van der Waals surface area contributed by atoms with Crippen molar-refractivity contribution in [1.82, 2.24) is 0 Å². The summed E-state index contributed by atoms with van der Waals surface area (Å²) in [4.78, 5) is 12.8. The lowest BCUT2D eigenvalue weighted by molar-refractivity contribution is 0.112. The van der Waals surface area contributed by atoms with Crippen molar-refractivity contribution in [3.8, 4) is 0 Å². The first-order valence-electron chi connectivity index (χ1n) is 5.88. The molecule has 1 aliphatic heterocycles. The van der Waals surface area contributed by atoms with Crippen LogP contribution in [0, 0.1) is 0 Å². The second-order valence-electron chi connectivity index (χ2n) is 4.35. The van der Waals surface area contributed by atoms with Gasteiger partial charge in [0, 0.05) is 12.1 Å². The number of aldehydes is 1. The number of benzene rings is 1. The Balaban J connectivity index is 2.28. The minimum absolute atomic E-state index is 0.142. The first-order valence-corrected chi connectivity index (χ1v) is 6.26. The quantitative estimate of drug-likeness (QED) is 0.842.